The smallest absolute Gasteiger partial charge is 0.0701 e. The maximum Gasteiger partial charge on any atom is 0.0701 e. The van der Waals surface area contributed by atoms with Crippen LogP contribution in [0.3, 0.4) is 0 Å². The predicted octanol–water partition coefficient (Wildman–Crippen LogP) is 1.85. The van der Waals surface area contributed by atoms with Gasteiger partial charge in [0.15, 0.2) is 0 Å². The zero-order valence-corrected chi connectivity index (χ0v) is 18.5. The molecule has 0 unspecified atom stereocenters. The summed E-state index contributed by atoms with van der Waals surface area (Å²) in [5.74, 6) is 0. The second kappa shape index (κ2) is 16.7. The summed E-state index contributed by atoms with van der Waals surface area (Å²) in [6.45, 7) is 20.7. The van der Waals surface area contributed by atoms with E-state index in [0.717, 1.165) is 13.1 Å². The third-order valence-electron chi connectivity index (χ3n) is 3.29. The highest BCUT2D eigenvalue weighted by atomic mass is 16.6. The van der Waals surface area contributed by atoms with Gasteiger partial charge in [-0.2, -0.15) is 0 Å². The molecule has 0 aliphatic heterocycles. The Morgan fingerprint density at radius 3 is 0.852 bits per heavy atom. The first kappa shape index (κ1) is 26.7. The zero-order chi connectivity index (χ0) is 20.4. The van der Waals surface area contributed by atoms with Gasteiger partial charge in [-0.05, 0) is 41.5 Å². The van der Waals surface area contributed by atoms with Crippen LogP contribution in [0.25, 0.3) is 0 Å². The molecule has 0 heterocycles. The average molecular weight is 393 g/mol. The van der Waals surface area contributed by atoms with E-state index in [-0.39, 0.29) is 11.1 Å². The Labute approximate surface area is 166 Å². The molecule has 164 valence electrons. The van der Waals surface area contributed by atoms with E-state index in [4.69, 9.17) is 23.7 Å². The van der Waals surface area contributed by atoms with E-state index >= 15 is 0 Å². The zero-order valence-electron chi connectivity index (χ0n) is 18.5. The van der Waals surface area contributed by atoms with Crippen LogP contribution in [-0.2, 0) is 23.7 Å². The van der Waals surface area contributed by atoms with E-state index in [9.17, 15) is 0 Å². The third kappa shape index (κ3) is 25.7. The van der Waals surface area contributed by atoms with Crippen LogP contribution in [0.4, 0.5) is 0 Å². The monoisotopic (exact) mass is 392 g/mol. The molecule has 0 aromatic heterocycles. The molecule has 0 saturated heterocycles. The van der Waals surface area contributed by atoms with E-state index in [1.54, 1.807) is 0 Å². The fourth-order valence-electron chi connectivity index (χ4n) is 1.98. The Bertz CT molecular complexity index is 286. The van der Waals surface area contributed by atoms with Crippen LogP contribution in [0.1, 0.15) is 41.5 Å². The van der Waals surface area contributed by atoms with E-state index in [0.29, 0.717) is 66.1 Å². The molecule has 0 fully saturated rings. The van der Waals surface area contributed by atoms with Gasteiger partial charge in [0.05, 0.1) is 66.1 Å². The highest BCUT2D eigenvalue weighted by Crippen LogP contribution is 1.97. The molecule has 0 amide bonds. The normalized spacial score (nSPS) is 12.7. The summed E-state index contributed by atoms with van der Waals surface area (Å²) >= 11 is 0. The Morgan fingerprint density at radius 2 is 0.630 bits per heavy atom. The van der Waals surface area contributed by atoms with Crippen molar-refractivity contribution < 1.29 is 23.7 Å². The quantitative estimate of drug-likeness (QED) is 0.345. The van der Waals surface area contributed by atoms with Gasteiger partial charge < -0.3 is 34.3 Å². The highest BCUT2D eigenvalue weighted by Gasteiger charge is 2.07. The van der Waals surface area contributed by atoms with Crippen molar-refractivity contribution in [2.45, 2.75) is 52.6 Å². The number of hydrogen-bond donors (Lipinski definition) is 2. The molecule has 0 aliphatic rings. The lowest BCUT2D eigenvalue weighted by Gasteiger charge is -2.20. The molecule has 2 N–H and O–H groups in total. The van der Waals surface area contributed by atoms with E-state index in [1.807, 2.05) is 0 Å². The average Bonchev–Trinajstić information content (AvgIpc) is 2.55. The summed E-state index contributed by atoms with van der Waals surface area (Å²) < 4.78 is 27.3. The Morgan fingerprint density at radius 1 is 0.407 bits per heavy atom. The number of hydrogen-bond acceptors (Lipinski definition) is 7. The van der Waals surface area contributed by atoms with Gasteiger partial charge in [-0.25, -0.2) is 0 Å². The van der Waals surface area contributed by atoms with Gasteiger partial charge in [0.1, 0.15) is 0 Å². The van der Waals surface area contributed by atoms with Crippen molar-refractivity contribution in [2.75, 3.05) is 79.2 Å². The lowest BCUT2D eigenvalue weighted by molar-refractivity contribution is -0.0109. The number of rotatable bonds is 18. The predicted molar refractivity (Wildman–Crippen MR) is 110 cm³/mol. The minimum atomic E-state index is 0.136. The molecular formula is C20H44N2O5. The lowest BCUT2D eigenvalue weighted by Crippen LogP contribution is -2.38. The summed E-state index contributed by atoms with van der Waals surface area (Å²) in [6, 6.07) is 0. The molecule has 0 saturated carbocycles. The summed E-state index contributed by atoms with van der Waals surface area (Å²) in [4.78, 5) is 0. The minimum absolute atomic E-state index is 0.136. The highest BCUT2D eigenvalue weighted by molar-refractivity contribution is 4.69. The van der Waals surface area contributed by atoms with Gasteiger partial charge >= 0.3 is 0 Å². The van der Waals surface area contributed by atoms with Crippen LogP contribution in [0, 0.1) is 0 Å². The Balaban J connectivity index is 3.07. The summed E-state index contributed by atoms with van der Waals surface area (Å²) in [5, 5.41) is 6.74. The van der Waals surface area contributed by atoms with E-state index < -0.39 is 0 Å². The van der Waals surface area contributed by atoms with Crippen molar-refractivity contribution in [1.29, 1.82) is 0 Å². The molecule has 0 aromatic carbocycles. The van der Waals surface area contributed by atoms with Crippen LogP contribution in [-0.4, -0.2) is 90.2 Å². The molecule has 0 radical (unpaired) electrons. The van der Waals surface area contributed by atoms with E-state index in [1.165, 1.54) is 0 Å². The lowest BCUT2D eigenvalue weighted by atomic mass is 10.1. The molecule has 0 rings (SSSR count). The summed E-state index contributed by atoms with van der Waals surface area (Å²) in [7, 11) is 0. The fourth-order valence-corrected chi connectivity index (χ4v) is 1.98. The molecule has 7 heteroatoms. The van der Waals surface area contributed by atoms with Gasteiger partial charge in [-0.1, -0.05) is 0 Å². The van der Waals surface area contributed by atoms with Crippen LogP contribution < -0.4 is 10.6 Å². The standard InChI is InChI=1S/C20H44N2O5/c1-19(2,3)21-7-9-23-11-13-25-15-17-27-18-16-26-14-12-24-10-8-22-20(4,5)6/h21-22H,7-18H2,1-6H3. The van der Waals surface area contributed by atoms with Crippen molar-refractivity contribution in [1.82, 2.24) is 10.6 Å². The largest absolute Gasteiger partial charge is 0.378 e. The topological polar surface area (TPSA) is 70.2 Å². The maximum absolute atomic E-state index is 5.49. The van der Waals surface area contributed by atoms with Gasteiger partial charge in [-0.3, -0.25) is 0 Å². The number of ether oxygens (including phenoxy) is 5. The molecule has 0 aromatic rings. The molecular weight excluding hydrogens is 348 g/mol. The molecule has 0 bridgehead atoms. The van der Waals surface area contributed by atoms with Crippen molar-refractivity contribution in [2.24, 2.45) is 0 Å². The Kier molecular flexibility index (Phi) is 16.5. The first-order chi connectivity index (χ1) is 12.7. The van der Waals surface area contributed by atoms with E-state index in [2.05, 4.69) is 52.2 Å². The summed E-state index contributed by atoms with van der Waals surface area (Å²) in [6.07, 6.45) is 0. The SMILES string of the molecule is CC(C)(C)NCCOCCOCCOCCOCCOCCNC(C)(C)C. The minimum Gasteiger partial charge on any atom is -0.378 e. The van der Waals surface area contributed by atoms with Crippen molar-refractivity contribution >= 4 is 0 Å². The third-order valence-corrected chi connectivity index (χ3v) is 3.29. The Hall–Kier alpha value is -0.280. The number of nitrogens with one attached hydrogen (secondary N) is 2. The van der Waals surface area contributed by atoms with Gasteiger partial charge in [0.25, 0.3) is 0 Å². The van der Waals surface area contributed by atoms with Crippen LogP contribution in [0.15, 0.2) is 0 Å². The van der Waals surface area contributed by atoms with Crippen LogP contribution in [0.5, 0.6) is 0 Å². The van der Waals surface area contributed by atoms with Crippen molar-refractivity contribution in [3.05, 3.63) is 0 Å². The van der Waals surface area contributed by atoms with Crippen LogP contribution >= 0.6 is 0 Å². The molecule has 0 spiro atoms. The second-order valence-corrected chi connectivity index (χ2v) is 8.42. The fraction of sp³-hybridized carbons (Fsp3) is 1.00. The maximum atomic E-state index is 5.49. The second-order valence-electron chi connectivity index (χ2n) is 8.42. The van der Waals surface area contributed by atoms with Crippen molar-refractivity contribution in [3.8, 4) is 0 Å². The van der Waals surface area contributed by atoms with Gasteiger partial charge in [0, 0.05) is 24.2 Å². The molecule has 7 nitrogen and oxygen atoms in total. The first-order valence-corrected chi connectivity index (χ1v) is 10.1. The molecule has 27 heavy (non-hydrogen) atoms. The van der Waals surface area contributed by atoms with Crippen molar-refractivity contribution in [3.63, 3.8) is 0 Å². The van der Waals surface area contributed by atoms with Gasteiger partial charge in [0.2, 0.25) is 0 Å². The first-order valence-electron chi connectivity index (χ1n) is 10.1. The molecule has 0 aliphatic carbocycles. The van der Waals surface area contributed by atoms with Gasteiger partial charge in [-0.15, -0.1) is 0 Å². The molecule has 0 atom stereocenters. The summed E-state index contributed by atoms with van der Waals surface area (Å²) in [5.41, 5.74) is 0.273. The van der Waals surface area contributed by atoms with Crippen LogP contribution in [0.2, 0.25) is 0 Å².